The minimum absolute atomic E-state index is 0.737. The summed E-state index contributed by atoms with van der Waals surface area (Å²) in [5, 5.41) is 3.48. The second kappa shape index (κ2) is 4.84. The van der Waals surface area contributed by atoms with Gasteiger partial charge in [0.2, 0.25) is 0 Å². The van der Waals surface area contributed by atoms with Gasteiger partial charge in [0.05, 0.1) is 0 Å². The van der Waals surface area contributed by atoms with E-state index in [-0.39, 0.29) is 0 Å². The Morgan fingerprint density at radius 2 is 1.67 bits per heavy atom. The molecule has 1 heterocycles. The monoisotopic (exact) mass is 210 g/mol. The quantitative estimate of drug-likeness (QED) is 0.713. The largest absolute Gasteiger partial charge is 0.314 e. The average Bonchev–Trinajstić information content (AvgIpc) is 2.16. The van der Waals surface area contributed by atoms with E-state index in [0.29, 0.717) is 0 Å². The summed E-state index contributed by atoms with van der Waals surface area (Å²) in [6.45, 7) is 10.8. The zero-order chi connectivity index (χ0) is 10.8. The molecule has 1 saturated heterocycles. The highest BCUT2D eigenvalue weighted by molar-refractivity contribution is 4.87. The molecule has 15 heavy (non-hydrogen) atoms. The fourth-order valence-electron chi connectivity index (χ4n) is 3.57. The Kier molecular flexibility index (Phi) is 3.68. The average molecular weight is 210 g/mol. The van der Waals surface area contributed by atoms with Crippen molar-refractivity contribution in [1.29, 1.82) is 0 Å². The van der Waals surface area contributed by atoms with E-state index in [1.54, 1.807) is 0 Å². The molecule has 0 aromatic rings. The molecule has 2 aliphatic rings. The van der Waals surface area contributed by atoms with Crippen molar-refractivity contribution in [2.45, 2.75) is 52.1 Å². The molecule has 0 amide bonds. The Morgan fingerprint density at radius 3 is 2.27 bits per heavy atom. The molecule has 1 aliphatic heterocycles. The molecule has 1 N–H and O–H groups in total. The van der Waals surface area contributed by atoms with Crippen molar-refractivity contribution >= 4 is 0 Å². The van der Waals surface area contributed by atoms with Gasteiger partial charge in [0.25, 0.3) is 0 Å². The first-order chi connectivity index (χ1) is 7.16. The molecular formula is C13H26N2. The predicted molar refractivity (Wildman–Crippen MR) is 65.0 cm³/mol. The highest BCUT2D eigenvalue weighted by Crippen LogP contribution is 2.32. The first-order valence-electron chi connectivity index (χ1n) is 6.63. The normalized spacial score (nSPS) is 44.2. The molecule has 2 heteroatoms. The van der Waals surface area contributed by atoms with E-state index in [4.69, 9.17) is 0 Å². The van der Waals surface area contributed by atoms with Gasteiger partial charge >= 0.3 is 0 Å². The van der Waals surface area contributed by atoms with E-state index in [2.05, 4.69) is 31.0 Å². The standard InChI is InChI=1S/C13H26N2/c1-10-6-11(2)8-13(7-10)15-5-4-14-9-12(15)3/h10-14H,4-9H2,1-3H3. The van der Waals surface area contributed by atoms with Crippen LogP contribution in [0, 0.1) is 11.8 Å². The SMILES string of the molecule is CC1CC(C)CC(N2CCNCC2C)C1. The second-order valence-corrected chi connectivity index (χ2v) is 5.86. The number of nitrogens with zero attached hydrogens (tertiary/aromatic N) is 1. The van der Waals surface area contributed by atoms with Crippen molar-refractivity contribution in [3.05, 3.63) is 0 Å². The summed E-state index contributed by atoms with van der Waals surface area (Å²) >= 11 is 0. The molecular weight excluding hydrogens is 184 g/mol. The first kappa shape index (κ1) is 11.4. The molecule has 2 nitrogen and oxygen atoms in total. The van der Waals surface area contributed by atoms with Crippen molar-refractivity contribution < 1.29 is 0 Å². The van der Waals surface area contributed by atoms with Crippen molar-refractivity contribution in [2.75, 3.05) is 19.6 Å². The smallest absolute Gasteiger partial charge is 0.0195 e. The van der Waals surface area contributed by atoms with Gasteiger partial charge < -0.3 is 5.32 Å². The lowest BCUT2D eigenvalue weighted by Gasteiger charge is -2.44. The Balaban J connectivity index is 1.95. The van der Waals surface area contributed by atoms with Crippen LogP contribution in [0.15, 0.2) is 0 Å². The molecule has 2 fully saturated rings. The predicted octanol–water partition coefficient (Wildman–Crippen LogP) is 2.10. The van der Waals surface area contributed by atoms with Gasteiger partial charge in [0, 0.05) is 31.7 Å². The lowest BCUT2D eigenvalue weighted by atomic mass is 9.79. The maximum Gasteiger partial charge on any atom is 0.0195 e. The molecule has 3 atom stereocenters. The second-order valence-electron chi connectivity index (χ2n) is 5.86. The molecule has 0 bridgehead atoms. The van der Waals surface area contributed by atoms with Gasteiger partial charge in [-0.25, -0.2) is 0 Å². The maximum absolute atomic E-state index is 3.48. The van der Waals surface area contributed by atoms with E-state index in [1.165, 1.54) is 38.9 Å². The third kappa shape index (κ3) is 2.73. The summed E-state index contributed by atoms with van der Waals surface area (Å²) < 4.78 is 0. The Bertz CT molecular complexity index is 195. The zero-order valence-corrected chi connectivity index (χ0v) is 10.5. The van der Waals surface area contributed by atoms with Gasteiger partial charge in [0.15, 0.2) is 0 Å². The molecule has 0 aromatic carbocycles. The summed E-state index contributed by atoms with van der Waals surface area (Å²) in [7, 11) is 0. The molecule has 0 spiro atoms. The molecule has 2 rings (SSSR count). The van der Waals surface area contributed by atoms with Crippen molar-refractivity contribution in [3.8, 4) is 0 Å². The molecule has 1 saturated carbocycles. The van der Waals surface area contributed by atoms with Crippen molar-refractivity contribution in [3.63, 3.8) is 0 Å². The molecule has 0 aromatic heterocycles. The Hall–Kier alpha value is -0.0800. The highest BCUT2D eigenvalue weighted by Gasteiger charge is 2.31. The number of hydrogen-bond donors (Lipinski definition) is 1. The summed E-state index contributed by atoms with van der Waals surface area (Å²) in [5.41, 5.74) is 0. The lowest BCUT2D eigenvalue weighted by molar-refractivity contribution is 0.0616. The van der Waals surface area contributed by atoms with Gasteiger partial charge in [-0.2, -0.15) is 0 Å². The van der Waals surface area contributed by atoms with Crippen LogP contribution in [-0.4, -0.2) is 36.6 Å². The molecule has 1 aliphatic carbocycles. The van der Waals surface area contributed by atoms with Crippen LogP contribution in [-0.2, 0) is 0 Å². The van der Waals surface area contributed by atoms with Crippen LogP contribution in [0.3, 0.4) is 0 Å². The number of nitrogens with one attached hydrogen (secondary N) is 1. The van der Waals surface area contributed by atoms with Crippen molar-refractivity contribution in [1.82, 2.24) is 10.2 Å². The van der Waals surface area contributed by atoms with E-state index < -0.39 is 0 Å². The van der Waals surface area contributed by atoms with Crippen LogP contribution in [0.4, 0.5) is 0 Å². The number of rotatable bonds is 1. The minimum atomic E-state index is 0.737. The van der Waals surface area contributed by atoms with Gasteiger partial charge in [-0.15, -0.1) is 0 Å². The van der Waals surface area contributed by atoms with E-state index in [9.17, 15) is 0 Å². The van der Waals surface area contributed by atoms with Gasteiger partial charge in [0.1, 0.15) is 0 Å². The van der Waals surface area contributed by atoms with Gasteiger partial charge in [-0.3, -0.25) is 4.90 Å². The lowest BCUT2D eigenvalue weighted by Crippen LogP contribution is -2.55. The van der Waals surface area contributed by atoms with E-state index >= 15 is 0 Å². The molecule has 0 radical (unpaired) electrons. The fourth-order valence-corrected chi connectivity index (χ4v) is 3.57. The Labute approximate surface area is 94.4 Å². The zero-order valence-electron chi connectivity index (χ0n) is 10.5. The van der Waals surface area contributed by atoms with E-state index in [1.807, 2.05) is 0 Å². The number of hydrogen-bond acceptors (Lipinski definition) is 2. The maximum atomic E-state index is 3.48. The minimum Gasteiger partial charge on any atom is -0.314 e. The van der Waals surface area contributed by atoms with Crippen LogP contribution >= 0.6 is 0 Å². The molecule has 3 unspecified atom stereocenters. The van der Waals surface area contributed by atoms with Crippen molar-refractivity contribution in [2.24, 2.45) is 11.8 Å². The number of piperazine rings is 1. The first-order valence-corrected chi connectivity index (χ1v) is 6.63. The van der Waals surface area contributed by atoms with Gasteiger partial charge in [-0.05, 0) is 38.0 Å². The van der Waals surface area contributed by atoms with E-state index in [0.717, 1.165) is 23.9 Å². The van der Waals surface area contributed by atoms with Crippen LogP contribution in [0.5, 0.6) is 0 Å². The topological polar surface area (TPSA) is 15.3 Å². The fraction of sp³-hybridized carbons (Fsp3) is 1.00. The van der Waals surface area contributed by atoms with Crippen LogP contribution < -0.4 is 5.32 Å². The van der Waals surface area contributed by atoms with Crippen LogP contribution in [0.1, 0.15) is 40.0 Å². The highest BCUT2D eigenvalue weighted by atomic mass is 15.2. The summed E-state index contributed by atoms with van der Waals surface area (Å²) in [6, 6.07) is 1.60. The Morgan fingerprint density at radius 1 is 1.00 bits per heavy atom. The van der Waals surface area contributed by atoms with Crippen LogP contribution in [0.25, 0.3) is 0 Å². The third-order valence-corrected chi connectivity index (χ3v) is 4.18. The third-order valence-electron chi connectivity index (χ3n) is 4.18. The van der Waals surface area contributed by atoms with Gasteiger partial charge in [-0.1, -0.05) is 13.8 Å². The summed E-state index contributed by atoms with van der Waals surface area (Å²) in [5.74, 6) is 1.86. The summed E-state index contributed by atoms with van der Waals surface area (Å²) in [4.78, 5) is 2.75. The molecule has 88 valence electrons. The summed E-state index contributed by atoms with van der Waals surface area (Å²) in [6.07, 6.45) is 4.29. The van der Waals surface area contributed by atoms with Crippen LogP contribution in [0.2, 0.25) is 0 Å².